The number of halogens is 1. The minimum Gasteiger partial charge on any atom is -0.454 e. The lowest BCUT2D eigenvalue weighted by Crippen LogP contribution is -2.19. The molecule has 0 amide bonds. The van der Waals surface area contributed by atoms with Gasteiger partial charge < -0.3 is 4.74 Å². The molecule has 24 heavy (non-hydrogen) atoms. The van der Waals surface area contributed by atoms with Crippen LogP contribution in [0.4, 0.5) is 0 Å². The topological polar surface area (TPSA) is 59.1 Å². The fourth-order valence-corrected chi connectivity index (χ4v) is 2.91. The lowest BCUT2D eigenvalue weighted by atomic mass is 10.0. The van der Waals surface area contributed by atoms with Crippen LogP contribution in [0.2, 0.25) is 0 Å². The summed E-state index contributed by atoms with van der Waals surface area (Å²) in [6.07, 6.45) is -0.675. The van der Waals surface area contributed by atoms with Crippen LogP contribution in [-0.4, -0.2) is 5.90 Å². The molecule has 120 valence electrons. The summed E-state index contributed by atoms with van der Waals surface area (Å²) in [5, 5.41) is 8.01. The molecule has 0 saturated carbocycles. The van der Waals surface area contributed by atoms with Gasteiger partial charge in [0.15, 0.2) is 6.23 Å². The van der Waals surface area contributed by atoms with Crippen molar-refractivity contribution in [1.29, 1.82) is 5.41 Å². The van der Waals surface area contributed by atoms with Crippen molar-refractivity contribution < 1.29 is 4.74 Å². The minimum absolute atomic E-state index is 0.0676. The maximum absolute atomic E-state index is 8.01. The fourth-order valence-electron chi connectivity index (χ4n) is 2.40. The van der Waals surface area contributed by atoms with E-state index in [-0.39, 0.29) is 5.90 Å². The molecule has 0 heterocycles. The molecule has 0 bridgehead atoms. The Bertz CT molecular complexity index is 832. The van der Waals surface area contributed by atoms with E-state index in [1.165, 1.54) is 0 Å². The molecule has 0 aliphatic heterocycles. The third-order valence-corrected chi connectivity index (χ3v) is 4.40. The van der Waals surface area contributed by atoms with E-state index < -0.39 is 6.23 Å². The first kappa shape index (κ1) is 16.4. The van der Waals surface area contributed by atoms with Crippen molar-refractivity contribution in [3.63, 3.8) is 0 Å². The Labute approximate surface area is 149 Å². The van der Waals surface area contributed by atoms with Crippen LogP contribution < -0.4 is 5.73 Å². The van der Waals surface area contributed by atoms with E-state index in [1.54, 1.807) is 0 Å². The zero-order valence-electron chi connectivity index (χ0n) is 12.9. The van der Waals surface area contributed by atoms with Gasteiger partial charge in [0, 0.05) is 15.6 Å². The highest BCUT2D eigenvalue weighted by molar-refractivity contribution is 9.10. The van der Waals surface area contributed by atoms with Crippen LogP contribution in [-0.2, 0) is 4.74 Å². The van der Waals surface area contributed by atoms with Crippen molar-refractivity contribution in [3.8, 4) is 11.1 Å². The van der Waals surface area contributed by atoms with Gasteiger partial charge in [0.25, 0.3) is 0 Å². The number of hydrogen-bond acceptors (Lipinski definition) is 3. The van der Waals surface area contributed by atoms with Crippen molar-refractivity contribution in [2.24, 2.45) is 5.73 Å². The average Bonchev–Trinajstić information content (AvgIpc) is 2.63. The molecule has 0 spiro atoms. The lowest BCUT2D eigenvalue weighted by molar-refractivity contribution is 0.199. The monoisotopic (exact) mass is 380 g/mol. The van der Waals surface area contributed by atoms with E-state index in [0.29, 0.717) is 5.56 Å². The summed E-state index contributed by atoms with van der Waals surface area (Å²) >= 11 is 3.56. The molecule has 1 atom stereocenters. The van der Waals surface area contributed by atoms with Crippen LogP contribution in [0.15, 0.2) is 83.3 Å². The van der Waals surface area contributed by atoms with Crippen molar-refractivity contribution in [3.05, 3.63) is 94.5 Å². The largest absolute Gasteiger partial charge is 0.454 e. The quantitative estimate of drug-likeness (QED) is 0.375. The minimum atomic E-state index is -0.675. The summed E-state index contributed by atoms with van der Waals surface area (Å²) in [5.74, 6) is 0.0676. The molecule has 0 aliphatic carbocycles. The molecule has 1 unspecified atom stereocenters. The van der Waals surface area contributed by atoms with Gasteiger partial charge in [-0.1, -0.05) is 76.6 Å². The first-order valence-electron chi connectivity index (χ1n) is 7.56. The highest BCUT2D eigenvalue weighted by Crippen LogP contribution is 2.28. The number of hydrogen-bond donors (Lipinski definition) is 2. The molecule has 3 rings (SSSR count). The lowest BCUT2D eigenvalue weighted by Gasteiger charge is -2.16. The second-order valence-electron chi connectivity index (χ2n) is 5.34. The Kier molecular flexibility index (Phi) is 5.08. The van der Waals surface area contributed by atoms with Gasteiger partial charge in [0.05, 0.1) is 0 Å². The molecule has 3 aromatic rings. The van der Waals surface area contributed by atoms with Gasteiger partial charge in [0.1, 0.15) is 0 Å². The second kappa shape index (κ2) is 7.43. The molecule has 3 aromatic carbocycles. The zero-order chi connectivity index (χ0) is 16.9. The molecule has 0 aromatic heterocycles. The molecular formula is C20H17BrN2O. The van der Waals surface area contributed by atoms with E-state index >= 15 is 0 Å². The van der Waals surface area contributed by atoms with Crippen LogP contribution in [0.5, 0.6) is 0 Å². The summed E-state index contributed by atoms with van der Waals surface area (Å²) in [6.45, 7) is 0. The predicted molar refractivity (Wildman–Crippen MR) is 101 cm³/mol. The Hall–Kier alpha value is -2.43. The summed E-state index contributed by atoms with van der Waals surface area (Å²) in [6, 6.07) is 25.2. The van der Waals surface area contributed by atoms with Crippen molar-refractivity contribution in [1.82, 2.24) is 0 Å². The Morgan fingerprint density at radius 1 is 0.875 bits per heavy atom. The number of ether oxygens (including phenoxy) is 1. The second-order valence-corrected chi connectivity index (χ2v) is 6.19. The molecule has 3 nitrogen and oxygen atoms in total. The van der Waals surface area contributed by atoms with E-state index in [0.717, 1.165) is 21.2 Å². The van der Waals surface area contributed by atoms with Crippen LogP contribution in [0, 0.1) is 5.41 Å². The molecule has 0 radical (unpaired) electrons. The van der Waals surface area contributed by atoms with Gasteiger partial charge in [-0.25, -0.2) is 0 Å². The van der Waals surface area contributed by atoms with Gasteiger partial charge in [-0.3, -0.25) is 11.1 Å². The number of nitrogens with two attached hydrogens (primary N) is 1. The molecule has 0 aliphatic rings. The Balaban J connectivity index is 1.74. The normalized spacial score (nSPS) is 11.8. The standard InChI is InChI=1S/C20H17BrN2O/c21-18-9-5-4-8-17(18)14-10-12-16(13-11-14)20(23)24-19(22)15-6-2-1-3-7-15/h1-13,20,22H,23H2. The van der Waals surface area contributed by atoms with Crippen molar-refractivity contribution in [2.45, 2.75) is 6.23 Å². The predicted octanol–water partition coefficient (Wildman–Crippen LogP) is 5.12. The van der Waals surface area contributed by atoms with Gasteiger partial charge in [-0.05, 0) is 29.3 Å². The summed E-state index contributed by atoms with van der Waals surface area (Å²) in [4.78, 5) is 0. The number of nitrogens with one attached hydrogen (secondary N) is 1. The number of rotatable bonds is 4. The van der Waals surface area contributed by atoms with Crippen molar-refractivity contribution >= 4 is 21.8 Å². The van der Waals surface area contributed by atoms with Gasteiger partial charge in [-0.2, -0.15) is 0 Å². The van der Waals surface area contributed by atoms with E-state index in [9.17, 15) is 0 Å². The average molecular weight is 381 g/mol. The van der Waals surface area contributed by atoms with Gasteiger partial charge in [-0.15, -0.1) is 0 Å². The van der Waals surface area contributed by atoms with Crippen molar-refractivity contribution in [2.75, 3.05) is 0 Å². The smallest absolute Gasteiger partial charge is 0.215 e. The summed E-state index contributed by atoms with van der Waals surface area (Å²) < 4.78 is 6.59. The molecule has 0 fully saturated rings. The Morgan fingerprint density at radius 3 is 2.17 bits per heavy atom. The zero-order valence-corrected chi connectivity index (χ0v) is 14.5. The Morgan fingerprint density at radius 2 is 1.50 bits per heavy atom. The van der Waals surface area contributed by atoms with Gasteiger partial charge >= 0.3 is 0 Å². The van der Waals surface area contributed by atoms with Crippen LogP contribution in [0.25, 0.3) is 11.1 Å². The van der Waals surface area contributed by atoms with Crippen LogP contribution in [0.3, 0.4) is 0 Å². The van der Waals surface area contributed by atoms with E-state index in [4.69, 9.17) is 15.9 Å². The third-order valence-electron chi connectivity index (χ3n) is 3.70. The first-order chi connectivity index (χ1) is 11.6. The third kappa shape index (κ3) is 3.72. The van der Waals surface area contributed by atoms with Crippen LogP contribution in [0.1, 0.15) is 17.4 Å². The molecular weight excluding hydrogens is 364 g/mol. The van der Waals surface area contributed by atoms with E-state index in [2.05, 4.69) is 22.0 Å². The van der Waals surface area contributed by atoms with E-state index in [1.807, 2.05) is 72.8 Å². The SMILES string of the molecule is N=C(OC(N)c1ccc(-c2ccccc2Br)cc1)c1ccccc1. The molecule has 3 N–H and O–H groups in total. The summed E-state index contributed by atoms with van der Waals surface area (Å²) in [5.41, 5.74) is 9.83. The number of benzene rings is 3. The molecule has 0 saturated heterocycles. The molecule has 4 heteroatoms. The maximum atomic E-state index is 8.01. The first-order valence-corrected chi connectivity index (χ1v) is 8.35. The maximum Gasteiger partial charge on any atom is 0.215 e. The van der Waals surface area contributed by atoms with Gasteiger partial charge in [0.2, 0.25) is 5.90 Å². The fraction of sp³-hybridized carbons (Fsp3) is 0.0500. The summed E-state index contributed by atoms with van der Waals surface area (Å²) in [7, 11) is 0. The van der Waals surface area contributed by atoms with Crippen LogP contribution >= 0.6 is 15.9 Å². The highest BCUT2D eigenvalue weighted by atomic mass is 79.9. The highest BCUT2D eigenvalue weighted by Gasteiger charge is 2.11.